The molecule has 14 heteroatoms. The predicted molar refractivity (Wildman–Crippen MR) is 112 cm³/mol. The van der Waals surface area contributed by atoms with Crippen LogP contribution in [0.2, 0.25) is 0 Å². The number of tetrazole rings is 1. The standard InChI is InChI=1S/C17H25N7O5S2/c1-16(2,3)29-12(26)11-8(7-30-14-17(19,28-4)13(27)24(11)14)9(5-6-10(18)25)31-15-20-22-23-21-15/h9,14H,5-7,19H2,1-4H3,(H2,18,25)(H,20,21,22,23)/t9?,14-,17+/m1/s1. The Bertz CT molecular complexity index is 901. The molecule has 0 aromatic carbocycles. The molecular weight excluding hydrogens is 446 g/mol. The first-order chi connectivity index (χ1) is 14.5. The highest BCUT2D eigenvalue weighted by Gasteiger charge is 2.64. The van der Waals surface area contributed by atoms with Crippen LogP contribution in [0.25, 0.3) is 0 Å². The van der Waals surface area contributed by atoms with Crippen molar-refractivity contribution in [2.24, 2.45) is 11.5 Å². The molecule has 3 atom stereocenters. The van der Waals surface area contributed by atoms with Gasteiger partial charge in [0, 0.05) is 24.5 Å². The van der Waals surface area contributed by atoms with Crippen molar-refractivity contribution < 1.29 is 23.9 Å². The van der Waals surface area contributed by atoms with E-state index in [0.717, 1.165) is 0 Å². The van der Waals surface area contributed by atoms with Crippen LogP contribution in [0.1, 0.15) is 33.6 Å². The fourth-order valence-electron chi connectivity index (χ4n) is 3.23. The number of H-pyrrole nitrogens is 1. The van der Waals surface area contributed by atoms with Crippen LogP contribution in [-0.2, 0) is 23.9 Å². The van der Waals surface area contributed by atoms with E-state index in [-0.39, 0.29) is 12.1 Å². The summed E-state index contributed by atoms with van der Waals surface area (Å²) >= 11 is 2.58. The molecule has 2 amide bonds. The summed E-state index contributed by atoms with van der Waals surface area (Å²) in [6.45, 7) is 5.21. The van der Waals surface area contributed by atoms with Gasteiger partial charge in [-0.1, -0.05) is 11.8 Å². The molecule has 0 bridgehead atoms. The maximum absolute atomic E-state index is 13.2. The van der Waals surface area contributed by atoms with E-state index in [9.17, 15) is 14.4 Å². The zero-order valence-electron chi connectivity index (χ0n) is 17.6. The third-order valence-corrected chi connectivity index (χ3v) is 7.18. The largest absolute Gasteiger partial charge is 0.455 e. The fraction of sp³-hybridized carbons (Fsp3) is 0.647. The number of esters is 1. The number of aromatic amines is 1. The third kappa shape index (κ3) is 4.71. The number of nitrogens with one attached hydrogen (secondary N) is 1. The van der Waals surface area contributed by atoms with E-state index in [1.54, 1.807) is 20.8 Å². The summed E-state index contributed by atoms with van der Waals surface area (Å²) in [7, 11) is 1.35. The highest BCUT2D eigenvalue weighted by atomic mass is 32.2. The number of hydrogen-bond donors (Lipinski definition) is 3. The number of nitrogens with two attached hydrogens (primary N) is 2. The molecule has 0 radical (unpaired) electrons. The molecule has 3 heterocycles. The Morgan fingerprint density at radius 2 is 2.16 bits per heavy atom. The lowest BCUT2D eigenvalue weighted by Gasteiger charge is -2.54. The fourth-order valence-corrected chi connectivity index (χ4v) is 5.82. The number of nitrogens with zero attached hydrogens (tertiary/aromatic N) is 4. The van der Waals surface area contributed by atoms with Gasteiger partial charge in [0.05, 0.1) is 0 Å². The first-order valence-corrected chi connectivity index (χ1v) is 11.3. The number of carbonyl (C=O) groups excluding carboxylic acids is 3. The highest BCUT2D eigenvalue weighted by Crippen LogP contribution is 2.48. The van der Waals surface area contributed by atoms with E-state index in [0.29, 0.717) is 22.9 Å². The Morgan fingerprint density at radius 3 is 2.71 bits per heavy atom. The van der Waals surface area contributed by atoms with E-state index in [2.05, 4.69) is 20.6 Å². The molecule has 2 aliphatic rings. The van der Waals surface area contributed by atoms with Crippen LogP contribution in [0.15, 0.2) is 16.4 Å². The SMILES string of the molecule is CO[C@@]1(N)C(=O)N2C(C(=O)OC(C)(C)C)=C(C(CCC(N)=O)Sc3nn[nH]n3)CS[C@@H]21. The van der Waals surface area contributed by atoms with Gasteiger partial charge < -0.3 is 15.2 Å². The van der Waals surface area contributed by atoms with Gasteiger partial charge in [-0.05, 0) is 38.0 Å². The second-order valence-electron chi connectivity index (χ2n) is 8.02. The lowest BCUT2D eigenvalue weighted by molar-refractivity contribution is -0.184. The minimum absolute atomic E-state index is 0.0710. The van der Waals surface area contributed by atoms with Crippen molar-refractivity contribution >= 4 is 41.3 Å². The number of thioether (sulfide) groups is 2. The topological polar surface area (TPSA) is 179 Å². The van der Waals surface area contributed by atoms with Crippen molar-refractivity contribution in [3.8, 4) is 0 Å². The number of rotatable bonds is 8. The van der Waals surface area contributed by atoms with Gasteiger partial charge in [0.25, 0.3) is 5.91 Å². The molecular formula is C17H25N7O5S2. The van der Waals surface area contributed by atoms with Gasteiger partial charge in [-0.2, -0.15) is 5.21 Å². The van der Waals surface area contributed by atoms with E-state index in [1.807, 2.05) is 0 Å². The van der Waals surface area contributed by atoms with Crippen molar-refractivity contribution in [2.45, 2.75) is 60.7 Å². The second-order valence-corrected chi connectivity index (χ2v) is 10.3. The summed E-state index contributed by atoms with van der Waals surface area (Å²) in [5, 5.41) is 13.1. The van der Waals surface area contributed by atoms with Crippen molar-refractivity contribution in [3.63, 3.8) is 0 Å². The monoisotopic (exact) mass is 471 g/mol. The number of methoxy groups -OCH3 is 1. The number of primary amides is 1. The summed E-state index contributed by atoms with van der Waals surface area (Å²) < 4.78 is 10.8. The number of amides is 2. The van der Waals surface area contributed by atoms with Gasteiger partial charge in [-0.25, -0.2) is 4.79 Å². The number of ether oxygens (including phenoxy) is 2. The summed E-state index contributed by atoms with van der Waals surface area (Å²) in [6, 6.07) is 0. The average molecular weight is 472 g/mol. The van der Waals surface area contributed by atoms with Gasteiger partial charge in [0.15, 0.2) is 0 Å². The molecule has 1 aromatic heterocycles. The van der Waals surface area contributed by atoms with Gasteiger partial charge >= 0.3 is 5.97 Å². The molecule has 1 aromatic rings. The summed E-state index contributed by atoms with van der Waals surface area (Å²) in [5.41, 5.74) is 9.87. The van der Waals surface area contributed by atoms with Crippen LogP contribution in [0.4, 0.5) is 0 Å². The molecule has 0 saturated carbocycles. The van der Waals surface area contributed by atoms with E-state index < -0.39 is 39.7 Å². The van der Waals surface area contributed by atoms with Crippen LogP contribution in [0.3, 0.4) is 0 Å². The molecule has 31 heavy (non-hydrogen) atoms. The number of fused-ring (bicyclic) bond motifs is 1. The van der Waals surface area contributed by atoms with Crippen LogP contribution in [-0.4, -0.2) is 78.1 Å². The summed E-state index contributed by atoms with van der Waals surface area (Å²) in [4.78, 5) is 38.8. The molecule has 3 rings (SSSR count). The summed E-state index contributed by atoms with van der Waals surface area (Å²) in [6.07, 6.45) is 0.378. The van der Waals surface area contributed by atoms with E-state index in [4.69, 9.17) is 20.9 Å². The second kappa shape index (κ2) is 8.76. The van der Waals surface area contributed by atoms with Crippen LogP contribution >= 0.6 is 23.5 Å². The Kier molecular flexibility index (Phi) is 6.64. The zero-order valence-corrected chi connectivity index (χ0v) is 19.2. The zero-order chi connectivity index (χ0) is 23.0. The summed E-state index contributed by atoms with van der Waals surface area (Å²) in [5.74, 6) is -1.32. The maximum Gasteiger partial charge on any atom is 0.355 e. The maximum atomic E-state index is 13.2. The van der Waals surface area contributed by atoms with E-state index >= 15 is 0 Å². The Labute approximate surface area is 187 Å². The van der Waals surface area contributed by atoms with Crippen molar-refractivity contribution in [2.75, 3.05) is 12.9 Å². The Morgan fingerprint density at radius 1 is 1.45 bits per heavy atom. The van der Waals surface area contributed by atoms with Crippen molar-refractivity contribution in [1.29, 1.82) is 0 Å². The van der Waals surface area contributed by atoms with Gasteiger partial charge in [0.1, 0.15) is 16.7 Å². The molecule has 0 aliphatic carbocycles. The first-order valence-electron chi connectivity index (χ1n) is 9.42. The molecule has 0 spiro atoms. The minimum Gasteiger partial charge on any atom is -0.455 e. The van der Waals surface area contributed by atoms with Crippen LogP contribution < -0.4 is 11.5 Å². The smallest absolute Gasteiger partial charge is 0.355 e. The lowest BCUT2D eigenvalue weighted by Crippen LogP contribution is -2.79. The number of hydrogen-bond acceptors (Lipinski definition) is 11. The molecule has 170 valence electrons. The number of carbonyl (C=O) groups is 3. The first kappa shape index (κ1) is 23.5. The lowest BCUT2D eigenvalue weighted by atomic mass is 9.97. The molecule has 1 unspecified atom stereocenters. The van der Waals surface area contributed by atoms with Crippen LogP contribution in [0.5, 0.6) is 0 Å². The van der Waals surface area contributed by atoms with Gasteiger partial charge in [0.2, 0.25) is 16.8 Å². The third-order valence-electron chi connectivity index (χ3n) is 4.64. The van der Waals surface area contributed by atoms with Gasteiger partial charge in [-0.15, -0.1) is 22.0 Å². The van der Waals surface area contributed by atoms with Crippen LogP contribution in [0, 0.1) is 0 Å². The number of aromatic nitrogens is 4. The Balaban J connectivity index is 2.04. The molecule has 1 fully saturated rings. The normalized spacial score (nSPS) is 24.5. The average Bonchev–Trinajstić information content (AvgIpc) is 3.20. The molecule has 1 saturated heterocycles. The Hall–Kier alpha value is -2.16. The molecule has 2 aliphatic heterocycles. The minimum atomic E-state index is -1.52. The van der Waals surface area contributed by atoms with Crippen molar-refractivity contribution in [1.82, 2.24) is 25.5 Å². The van der Waals surface area contributed by atoms with E-state index in [1.165, 1.54) is 35.5 Å². The predicted octanol–water partition coefficient (Wildman–Crippen LogP) is -0.262. The highest BCUT2D eigenvalue weighted by molar-refractivity contribution is 8.01. The van der Waals surface area contributed by atoms with Gasteiger partial charge in [-0.3, -0.25) is 20.2 Å². The quantitative estimate of drug-likeness (QED) is 0.197. The molecule has 12 nitrogen and oxygen atoms in total. The van der Waals surface area contributed by atoms with Crippen molar-refractivity contribution in [3.05, 3.63) is 11.3 Å². The number of β-lactam (4-membered cyclic amide) rings is 1. The molecule has 5 N–H and O–H groups in total.